The predicted molar refractivity (Wildman–Crippen MR) is 78.7 cm³/mol. The number of aliphatic carboxylic acids is 1. The molecule has 0 aromatic heterocycles. The van der Waals surface area contributed by atoms with E-state index in [-0.39, 0.29) is 29.2 Å². The van der Waals surface area contributed by atoms with Crippen molar-refractivity contribution >= 4 is 11.9 Å². The lowest BCUT2D eigenvalue weighted by Gasteiger charge is -2.35. The molecule has 1 saturated heterocycles. The summed E-state index contributed by atoms with van der Waals surface area (Å²) in [5, 5.41) is 9.12. The Morgan fingerprint density at radius 3 is 2.65 bits per heavy atom. The molecule has 2 fully saturated rings. The molecule has 124 valence electrons. The van der Waals surface area contributed by atoms with E-state index >= 15 is 0 Å². The number of carboxylic acids is 1. The summed E-state index contributed by atoms with van der Waals surface area (Å²) < 4.78 is 27.1. The van der Waals surface area contributed by atoms with E-state index in [4.69, 9.17) is 5.11 Å². The zero-order valence-electron chi connectivity index (χ0n) is 12.8. The lowest BCUT2D eigenvalue weighted by molar-refractivity contribution is -0.148. The van der Waals surface area contributed by atoms with E-state index in [1.807, 2.05) is 6.92 Å². The van der Waals surface area contributed by atoms with E-state index in [2.05, 4.69) is 0 Å². The second-order valence-corrected chi connectivity index (χ2v) is 6.59. The molecule has 1 N–H and O–H groups in total. The Hall–Kier alpha value is -1.98. The fourth-order valence-corrected chi connectivity index (χ4v) is 3.57. The van der Waals surface area contributed by atoms with Crippen molar-refractivity contribution in [1.29, 1.82) is 0 Å². The van der Waals surface area contributed by atoms with Gasteiger partial charge in [-0.2, -0.15) is 0 Å². The third-order valence-corrected chi connectivity index (χ3v) is 5.02. The van der Waals surface area contributed by atoms with Crippen molar-refractivity contribution in [3.63, 3.8) is 0 Å². The standard InChI is InChI=1S/C17H19F2NO3/c1-9-8-20(6-5-10(9)17(22)23)16(21)13-7-12(13)11-3-2-4-14(18)15(11)19/h2-4,9-10,12-13H,5-8H2,1H3,(H,22,23). The zero-order valence-corrected chi connectivity index (χ0v) is 12.8. The van der Waals surface area contributed by atoms with Crippen LogP contribution >= 0.6 is 0 Å². The summed E-state index contributed by atoms with van der Waals surface area (Å²) in [4.78, 5) is 25.3. The Balaban J connectivity index is 1.65. The second kappa shape index (κ2) is 5.91. The van der Waals surface area contributed by atoms with Crippen LogP contribution in [0.25, 0.3) is 0 Å². The molecule has 4 unspecified atom stereocenters. The molecule has 4 nitrogen and oxygen atoms in total. The van der Waals surface area contributed by atoms with Crippen LogP contribution in [-0.4, -0.2) is 35.0 Å². The monoisotopic (exact) mass is 323 g/mol. The molecule has 0 bridgehead atoms. The zero-order chi connectivity index (χ0) is 16.7. The Kier molecular flexibility index (Phi) is 4.08. The SMILES string of the molecule is CC1CN(C(=O)C2CC2c2cccc(F)c2F)CCC1C(=O)O. The number of carbonyl (C=O) groups is 2. The van der Waals surface area contributed by atoms with Crippen molar-refractivity contribution in [2.75, 3.05) is 13.1 Å². The van der Waals surface area contributed by atoms with E-state index in [9.17, 15) is 18.4 Å². The van der Waals surface area contributed by atoms with Crippen LogP contribution in [0.3, 0.4) is 0 Å². The molecule has 1 aromatic rings. The van der Waals surface area contributed by atoms with E-state index in [1.54, 1.807) is 4.90 Å². The fourth-order valence-electron chi connectivity index (χ4n) is 3.57. The van der Waals surface area contributed by atoms with E-state index in [1.165, 1.54) is 12.1 Å². The quantitative estimate of drug-likeness (QED) is 0.930. The van der Waals surface area contributed by atoms with Gasteiger partial charge in [-0.15, -0.1) is 0 Å². The Morgan fingerprint density at radius 1 is 1.26 bits per heavy atom. The van der Waals surface area contributed by atoms with Crippen LogP contribution in [0.5, 0.6) is 0 Å². The number of carbonyl (C=O) groups excluding carboxylic acids is 1. The highest BCUT2D eigenvalue weighted by atomic mass is 19.2. The minimum Gasteiger partial charge on any atom is -0.481 e. The number of hydrogen-bond donors (Lipinski definition) is 1. The summed E-state index contributed by atoms with van der Waals surface area (Å²) in [7, 11) is 0. The van der Waals surface area contributed by atoms with Gasteiger partial charge in [0.1, 0.15) is 0 Å². The third kappa shape index (κ3) is 2.94. The molecular weight excluding hydrogens is 304 g/mol. The first-order chi connectivity index (χ1) is 10.9. The van der Waals surface area contributed by atoms with Gasteiger partial charge < -0.3 is 10.0 Å². The van der Waals surface area contributed by atoms with E-state index in [0.29, 0.717) is 25.9 Å². The second-order valence-electron chi connectivity index (χ2n) is 6.59. The minimum absolute atomic E-state index is 0.0747. The smallest absolute Gasteiger partial charge is 0.306 e. The van der Waals surface area contributed by atoms with Gasteiger partial charge in [-0.25, -0.2) is 8.78 Å². The molecule has 1 heterocycles. The fraction of sp³-hybridized carbons (Fsp3) is 0.529. The lowest BCUT2D eigenvalue weighted by Crippen LogP contribution is -2.45. The maximum Gasteiger partial charge on any atom is 0.306 e. The number of hydrogen-bond acceptors (Lipinski definition) is 2. The van der Waals surface area contributed by atoms with E-state index in [0.717, 1.165) is 6.07 Å². The van der Waals surface area contributed by atoms with Crippen LogP contribution in [0, 0.1) is 29.4 Å². The lowest BCUT2D eigenvalue weighted by atomic mass is 9.87. The van der Waals surface area contributed by atoms with Gasteiger partial charge in [0, 0.05) is 19.0 Å². The number of rotatable bonds is 3. The van der Waals surface area contributed by atoms with Crippen molar-refractivity contribution in [2.24, 2.45) is 17.8 Å². The highest BCUT2D eigenvalue weighted by molar-refractivity contribution is 5.83. The largest absolute Gasteiger partial charge is 0.481 e. The normalized spacial score (nSPS) is 30.1. The number of amides is 1. The molecule has 23 heavy (non-hydrogen) atoms. The van der Waals surface area contributed by atoms with Crippen LogP contribution in [-0.2, 0) is 9.59 Å². The van der Waals surface area contributed by atoms with E-state index < -0.39 is 23.5 Å². The van der Waals surface area contributed by atoms with Crippen LogP contribution < -0.4 is 0 Å². The van der Waals surface area contributed by atoms with Crippen molar-refractivity contribution in [1.82, 2.24) is 4.90 Å². The maximum absolute atomic E-state index is 13.8. The van der Waals surface area contributed by atoms with Gasteiger partial charge in [0.15, 0.2) is 11.6 Å². The number of nitrogens with zero attached hydrogens (tertiary/aromatic N) is 1. The molecule has 0 radical (unpaired) electrons. The molecule has 2 aliphatic rings. The highest BCUT2D eigenvalue weighted by Gasteiger charge is 2.48. The van der Waals surface area contributed by atoms with Gasteiger partial charge in [-0.1, -0.05) is 19.1 Å². The highest BCUT2D eigenvalue weighted by Crippen LogP contribution is 2.49. The van der Waals surface area contributed by atoms with Gasteiger partial charge in [0.25, 0.3) is 0 Å². The van der Waals surface area contributed by atoms with Gasteiger partial charge in [-0.05, 0) is 36.3 Å². The Morgan fingerprint density at radius 2 is 2.00 bits per heavy atom. The van der Waals surface area contributed by atoms with Crippen LogP contribution in [0.4, 0.5) is 8.78 Å². The average molecular weight is 323 g/mol. The van der Waals surface area contributed by atoms with Gasteiger partial charge in [0.2, 0.25) is 5.91 Å². The first-order valence-corrected chi connectivity index (χ1v) is 7.85. The van der Waals surface area contributed by atoms with Crippen LogP contribution in [0.15, 0.2) is 18.2 Å². The number of halogens is 2. The van der Waals surface area contributed by atoms with Gasteiger partial charge >= 0.3 is 5.97 Å². The summed E-state index contributed by atoms with van der Waals surface area (Å²) >= 11 is 0. The minimum atomic E-state index is -0.892. The molecule has 4 atom stereocenters. The summed E-state index contributed by atoms with van der Waals surface area (Å²) in [6, 6.07) is 4.04. The molecule has 1 aromatic carbocycles. The summed E-state index contributed by atoms with van der Waals surface area (Å²) in [5.74, 6) is -3.78. The Labute approximate surface area is 133 Å². The number of benzene rings is 1. The van der Waals surface area contributed by atoms with Crippen molar-refractivity contribution in [3.8, 4) is 0 Å². The molecule has 1 amide bonds. The summed E-state index contributed by atoms with van der Waals surface area (Å²) in [6.45, 7) is 2.65. The molecule has 1 aliphatic heterocycles. The molecule has 0 spiro atoms. The van der Waals surface area contributed by atoms with Gasteiger partial charge in [0.05, 0.1) is 5.92 Å². The van der Waals surface area contributed by atoms with Crippen molar-refractivity contribution in [2.45, 2.75) is 25.7 Å². The third-order valence-electron chi connectivity index (χ3n) is 5.02. The predicted octanol–water partition coefficient (Wildman–Crippen LogP) is 2.64. The maximum atomic E-state index is 13.8. The molecule has 1 aliphatic carbocycles. The van der Waals surface area contributed by atoms with Crippen LogP contribution in [0.2, 0.25) is 0 Å². The van der Waals surface area contributed by atoms with Crippen LogP contribution in [0.1, 0.15) is 31.2 Å². The molecule has 1 saturated carbocycles. The topological polar surface area (TPSA) is 57.6 Å². The molecular formula is C17H19F2NO3. The first kappa shape index (κ1) is 15.9. The molecule has 6 heteroatoms. The first-order valence-electron chi connectivity index (χ1n) is 7.85. The van der Waals surface area contributed by atoms with Gasteiger partial charge in [-0.3, -0.25) is 9.59 Å². The summed E-state index contributed by atoms with van der Waals surface area (Å²) in [6.07, 6.45) is 0.959. The van der Waals surface area contributed by atoms with Crippen molar-refractivity contribution < 1.29 is 23.5 Å². The molecule has 3 rings (SSSR count). The Bertz CT molecular complexity index is 649. The number of carboxylic acid groups (broad SMARTS) is 1. The number of likely N-dealkylation sites (tertiary alicyclic amines) is 1. The summed E-state index contributed by atoms with van der Waals surface area (Å²) in [5.41, 5.74) is 0.261. The van der Waals surface area contributed by atoms with Crippen molar-refractivity contribution in [3.05, 3.63) is 35.4 Å². The number of piperidine rings is 1. The average Bonchev–Trinajstić information content (AvgIpc) is 3.29.